The van der Waals surface area contributed by atoms with Gasteiger partial charge in [0.15, 0.2) is 11.6 Å². The van der Waals surface area contributed by atoms with Crippen LogP contribution in [0.25, 0.3) is 11.3 Å². The van der Waals surface area contributed by atoms with E-state index >= 15 is 0 Å². The van der Waals surface area contributed by atoms with Gasteiger partial charge in [0.2, 0.25) is 0 Å². The Morgan fingerprint density at radius 2 is 1.80 bits per heavy atom. The van der Waals surface area contributed by atoms with Crippen LogP contribution >= 0.6 is 0 Å². The maximum atomic E-state index is 12.1. The number of rotatable bonds is 3. The molecule has 0 saturated heterocycles. The van der Waals surface area contributed by atoms with Gasteiger partial charge >= 0.3 is 6.36 Å². The fourth-order valence-corrected chi connectivity index (χ4v) is 1.88. The number of aromatic nitrogens is 1. The third kappa shape index (κ3) is 3.04. The van der Waals surface area contributed by atoms with Crippen molar-refractivity contribution in [3.63, 3.8) is 0 Å². The van der Waals surface area contributed by atoms with Crippen molar-refractivity contribution < 1.29 is 22.4 Å². The second-order valence-corrected chi connectivity index (χ2v) is 4.54. The first-order chi connectivity index (χ1) is 9.28. The number of hydrogen-bond donors (Lipinski definition) is 1. The van der Waals surface area contributed by atoms with Crippen molar-refractivity contribution in [1.82, 2.24) is 5.16 Å². The van der Waals surface area contributed by atoms with E-state index in [1.807, 2.05) is 13.8 Å². The summed E-state index contributed by atoms with van der Waals surface area (Å²) >= 11 is 0. The molecular formula is C13H13F3N2O2. The lowest BCUT2D eigenvalue weighted by molar-refractivity contribution is -0.274. The van der Waals surface area contributed by atoms with Crippen LogP contribution in [0.1, 0.15) is 25.3 Å². The van der Waals surface area contributed by atoms with E-state index in [0.29, 0.717) is 11.3 Å². The highest BCUT2D eigenvalue weighted by Gasteiger charge is 2.31. The van der Waals surface area contributed by atoms with Crippen LogP contribution in [0.15, 0.2) is 28.8 Å². The van der Waals surface area contributed by atoms with Crippen LogP contribution in [0, 0.1) is 0 Å². The van der Waals surface area contributed by atoms with Crippen molar-refractivity contribution in [2.45, 2.75) is 26.1 Å². The number of halogens is 3. The molecule has 0 saturated carbocycles. The summed E-state index contributed by atoms with van der Waals surface area (Å²) in [6, 6.07) is 5.36. The molecule has 1 aromatic heterocycles. The predicted octanol–water partition coefficient (Wildman–Crippen LogP) is 3.95. The summed E-state index contributed by atoms with van der Waals surface area (Å²) in [6.07, 6.45) is -4.71. The van der Waals surface area contributed by atoms with E-state index in [4.69, 9.17) is 10.3 Å². The number of anilines is 1. The van der Waals surface area contributed by atoms with Crippen LogP contribution in [-0.4, -0.2) is 11.5 Å². The minimum absolute atomic E-state index is 0.0855. The average molecular weight is 286 g/mol. The normalized spacial score (nSPS) is 11.9. The van der Waals surface area contributed by atoms with Crippen molar-refractivity contribution in [3.8, 4) is 17.1 Å². The molecule has 2 N–H and O–H groups in total. The lowest BCUT2D eigenvalue weighted by Crippen LogP contribution is -2.16. The third-order valence-electron chi connectivity index (χ3n) is 2.68. The van der Waals surface area contributed by atoms with Crippen LogP contribution in [-0.2, 0) is 0 Å². The number of nitrogen functional groups attached to an aromatic ring is 1. The summed E-state index contributed by atoms with van der Waals surface area (Å²) in [5, 5.41) is 3.69. The molecule has 20 heavy (non-hydrogen) atoms. The van der Waals surface area contributed by atoms with E-state index in [1.165, 1.54) is 24.3 Å². The van der Waals surface area contributed by atoms with E-state index in [0.717, 1.165) is 5.56 Å². The topological polar surface area (TPSA) is 61.3 Å². The average Bonchev–Trinajstić information content (AvgIpc) is 2.70. The Morgan fingerprint density at radius 1 is 1.20 bits per heavy atom. The SMILES string of the molecule is CC(C)c1c(N)noc1-c1ccc(OC(F)(F)F)cc1. The zero-order valence-electron chi connectivity index (χ0n) is 10.9. The molecule has 0 amide bonds. The maximum absolute atomic E-state index is 12.1. The van der Waals surface area contributed by atoms with Gasteiger partial charge in [0, 0.05) is 11.1 Å². The van der Waals surface area contributed by atoms with Crippen molar-refractivity contribution in [3.05, 3.63) is 29.8 Å². The molecular weight excluding hydrogens is 273 g/mol. The molecule has 7 heteroatoms. The quantitative estimate of drug-likeness (QED) is 0.928. The predicted molar refractivity (Wildman–Crippen MR) is 67.1 cm³/mol. The molecule has 0 fully saturated rings. The lowest BCUT2D eigenvalue weighted by atomic mass is 9.99. The molecule has 0 bridgehead atoms. The monoisotopic (exact) mass is 286 g/mol. The highest BCUT2D eigenvalue weighted by molar-refractivity contribution is 5.67. The Hall–Kier alpha value is -2.18. The Balaban J connectivity index is 2.31. The van der Waals surface area contributed by atoms with Gasteiger partial charge in [-0.2, -0.15) is 0 Å². The van der Waals surface area contributed by atoms with Crippen LogP contribution < -0.4 is 10.5 Å². The first kappa shape index (κ1) is 14.2. The highest BCUT2D eigenvalue weighted by atomic mass is 19.4. The van der Waals surface area contributed by atoms with E-state index in [2.05, 4.69) is 9.89 Å². The second kappa shape index (κ2) is 5.07. The fourth-order valence-electron chi connectivity index (χ4n) is 1.88. The molecule has 0 radical (unpaired) electrons. The van der Waals surface area contributed by atoms with E-state index in [1.54, 1.807) is 0 Å². The lowest BCUT2D eigenvalue weighted by Gasteiger charge is -2.09. The molecule has 0 aliphatic heterocycles. The summed E-state index contributed by atoms with van der Waals surface area (Å²) in [5.74, 6) is 0.531. The first-order valence-electron chi connectivity index (χ1n) is 5.89. The van der Waals surface area contributed by atoms with Crippen LogP contribution in [0.3, 0.4) is 0 Å². The summed E-state index contributed by atoms with van der Waals surface area (Å²) in [4.78, 5) is 0. The highest BCUT2D eigenvalue weighted by Crippen LogP contribution is 2.34. The minimum atomic E-state index is -4.71. The van der Waals surface area contributed by atoms with Crippen molar-refractivity contribution in [2.75, 3.05) is 5.73 Å². The van der Waals surface area contributed by atoms with Gasteiger partial charge in [-0.1, -0.05) is 19.0 Å². The summed E-state index contributed by atoms with van der Waals surface area (Å²) in [5.41, 5.74) is 7.04. The van der Waals surface area contributed by atoms with E-state index in [9.17, 15) is 13.2 Å². The van der Waals surface area contributed by atoms with Crippen LogP contribution in [0.2, 0.25) is 0 Å². The van der Waals surface area contributed by atoms with Gasteiger partial charge in [-0.25, -0.2) is 0 Å². The van der Waals surface area contributed by atoms with Gasteiger partial charge < -0.3 is 15.0 Å². The van der Waals surface area contributed by atoms with E-state index < -0.39 is 6.36 Å². The third-order valence-corrected chi connectivity index (χ3v) is 2.68. The van der Waals surface area contributed by atoms with Crippen LogP contribution in [0.5, 0.6) is 5.75 Å². The molecule has 2 rings (SSSR count). The van der Waals surface area contributed by atoms with Gasteiger partial charge in [0.1, 0.15) is 5.75 Å². The van der Waals surface area contributed by atoms with Gasteiger partial charge in [-0.15, -0.1) is 13.2 Å². The number of ether oxygens (including phenoxy) is 1. The molecule has 0 aliphatic carbocycles. The Labute approximate surface area is 113 Å². The second-order valence-electron chi connectivity index (χ2n) is 4.54. The van der Waals surface area contributed by atoms with Crippen molar-refractivity contribution in [1.29, 1.82) is 0 Å². The number of nitrogens with zero attached hydrogens (tertiary/aromatic N) is 1. The minimum Gasteiger partial charge on any atom is -0.406 e. The maximum Gasteiger partial charge on any atom is 0.573 e. The number of nitrogens with two attached hydrogens (primary N) is 1. The van der Waals surface area contributed by atoms with Gasteiger partial charge in [0.05, 0.1) is 0 Å². The molecule has 108 valence electrons. The zero-order valence-corrected chi connectivity index (χ0v) is 10.9. The summed E-state index contributed by atoms with van der Waals surface area (Å²) in [7, 11) is 0. The standard InChI is InChI=1S/C13H13F3N2O2/c1-7(2)10-11(20-18-12(10)17)8-3-5-9(6-4-8)19-13(14,15)16/h3-7H,1-2H3,(H2,17,18). The van der Waals surface area contributed by atoms with Crippen molar-refractivity contribution >= 4 is 5.82 Å². The van der Waals surface area contributed by atoms with Gasteiger partial charge in [-0.3, -0.25) is 0 Å². The Morgan fingerprint density at radius 3 is 2.30 bits per heavy atom. The largest absolute Gasteiger partial charge is 0.573 e. The van der Waals surface area contributed by atoms with Crippen molar-refractivity contribution in [2.24, 2.45) is 0 Å². The number of benzene rings is 1. The molecule has 0 aliphatic rings. The number of hydrogen-bond acceptors (Lipinski definition) is 4. The molecule has 0 spiro atoms. The molecule has 1 heterocycles. The van der Waals surface area contributed by atoms with Crippen LogP contribution in [0.4, 0.5) is 19.0 Å². The zero-order chi connectivity index (χ0) is 14.9. The molecule has 2 aromatic rings. The van der Waals surface area contributed by atoms with Gasteiger partial charge in [-0.05, 0) is 30.2 Å². The molecule has 1 aromatic carbocycles. The fraction of sp³-hybridized carbons (Fsp3) is 0.308. The first-order valence-corrected chi connectivity index (χ1v) is 5.89. The smallest absolute Gasteiger partial charge is 0.406 e. The molecule has 0 unspecified atom stereocenters. The Bertz CT molecular complexity index is 589. The van der Waals surface area contributed by atoms with E-state index in [-0.39, 0.29) is 17.5 Å². The number of alkyl halides is 3. The molecule has 0 atom stereocenters. The molecule has 4 nitrogen and oxygen atoms in total. The Kier molecular flexibility index (Phi) is 3.61. The summed E-state index contributed by atoms with van der Waals surface area (Å²) < 4.78 is 45.2. The van der Waals surface area contributed by atoms with Gasteiger partial charge in [0.25, 0.3) is 0 Å². The summed E-state index contributed by atoms with van der Waals surface area (Å²) in [6.45, 7) is 3.85.